The molecular formula is C56H59N3O12. The second kappa shape index (κ2) is 25.9. The second-order valence-electron chi connectivity index (χ2n) is 17.3. The minimum absolute atomic E-state index is 0.145. The van der Waals surface area contributed by atoms with Crippen LogP contribution in [0.4, 0.5) is 0 Å². The van der Waals surface area contributed by atoms with Gasteiger partial charge in [0.05, 0.1) is 51.8 Å². The summed E-state index contributed by atoms with van der Waals surface area (Å²) in [7, 11) is 0. The van der Waals surface area contributed by atoms with Crippen molar-refractivity contribution in [2.75, 3.05) is 13.2 Å². The molecule has 1 aromatic heterocycles. The van der Waals surface area contributed by atoms with E-state index in [2.05, 4.69) is 10.3 Å². The molecule has 0 saturated carbocycles. The zero-order valence-electron chi connectivity index (χ0n) is 39.4. The largest absolute Gasteiger partial charge is 0.460 e. The highest BCUT2D eigenvalue weighted by molar-refractivity contribution is 5.81. The van der Waals surface area contributed by atoms with E-state index in [9.17, 15) is 19.2 Å². The van der Waals surface area contributed by atoms with E-state index >= 15 is 0 Å². The number of hydrogen-bond acceptors (Lipinski definition) is 12. The first-order valence-electron chi connectivity index (χ1n) is 23.7. The van der Waals surface area contributed by atoms with Gasteiger partial charge in [-0.15, -0.1) is 0 Å². The third-order valence-corrected chi connectivity index (χ3v) is 12.1. The molecule has 3 heterocycles. The summed E-state index contributed by atoms with van der Waals surface area (Å²) >= 11 is 0. The first-order chi connectivity index (χ1) is 34.8. The Hall–Kier alpha value is -6.82. The Morgan fingerprint density at radius 3 is 1.51 bits per heavy atom. The van der Waals surface area contributed by atoms with Crippen molar-refractivity contribution >= 4 is 11.9 Å². The molecule has 0 radical (unpaired) electrons. The maximum atomic E-state index is 13.7. The van der Waals surface area contributed by atoms with E-state index in [1.54, 1.807) is 6.08 Å². The zero-order chi connectivity index (χ0) is 49.2. The van der Waals surface area contributed by atoms with Gasteiger partial charge in [0.2, 0.25) is 5.91 Å². The van der Waals surface area contributed by atoms with Gasteiger partial charge in [-0.25, -0.2) is 9.59 Å². The van der Waals surface area contributed by atoms with Crippen molar-refractivity contribution in [3.8, 4) is 0 Å². The number of benzene rings is 5. The molecule has 5 aromatic carbocycles. The number of aromatic nitrogens is 2. The molecule has 0 unspecified atom stereocenters. The number of ether oxygens (including phenoxy) is 8. The van der Waals surface area contributed by atoms with E-state index in [0.717, 1.165) is 27.8 Å². The van der Waals surface area contributed by atoms with Gasteiger partial charge in [-0.1, -0.05) is 158 Å². The summed E-state index contributed by atoms with van der Waals surface area (Å²) in [6.45, 7) is 2.45. The number of H-pyrrole nitrogens is 1. The molecule has 2 fully saturated rings. The van der Waals surface area contributed by atoms with Crippen LogP contribution in [0, 0.1) is 0 Å². The van der Waals surface area contributed by atoms with Gasteiger partial charge in [-0.3, -0.25) is 19.1 Å². The predicted octanol–water partition coefficient (Wildman–Crippen LogP) is 6.75. The van der Waals surface area contributed by atoms with E-state index in [0.29, 0.717) is 6.61 Å². The van der Waals surface area contributed by atoms with Gasteiger partial charge in [-0.2, -0.15) is 0 Å². The van der Waals surface area contributed by atoms with E-state index in [1.165, 1.54) is 29.8 Å². The second-order valence-corrected chi connectivity index (χ2v) is 17.3. The molecule has 2 N–H and O–H groups in total. The topological polar surface area (TPSA) is 175 Å². The molecule has 0 bridgehead atoms. The summed E-state index contributed by atoms with van der Waals surface area (Å²) in [5.41, 5.74) is 3.36. The summed E-state index contributed by atoms with van der Waals surface area (Å²) in [4.78, 5) is 54.2. The molecule has 8 rings (SSSR count). The number of carbonyl (C=O) groups excluding carboxylic acids is 2. The van der Waals surface area contributed by atoms with E-state index < -0.39 is 72.2 Å². The number of nitrogens with one attached hydrogen (secondary N) is 2. The van der Waals surface area contributed by atoms with Gasteiger partial charge < -0.3 is 43.2 Å². The highest BCUT2D eigenvalue weighted by Crippen LogP contribution is 2.35. The van der Waals surface area contributed by atoms with Gasteiger partial charge in [0.15, 0.2) is 6.23 Å². The maximum absolute atomic E-state index is 13.7. The fourth-order valence-electron chi connectivity index (χ4n) is 8.68. The van der Waals surface area contributed by atoms with Crippen molar-refractivity contribution in [3.63, 3.8) is 0 Å². The Labute approximate surface area is 412 Å². The highest BCUT2D eigenvalue weighted by atomic mass is 16.6. The van der Waals surface area contributed by atoms with Crippen LogP contribution in [0.2, 0.25) is 0 Å². The molecule has 2 aliphatic heterocycles. The zero-order valence-corrected chi connectivity index (χ0v) is 39.4. The SMILES string of the molecule is CC(=O)N[C@@H]1[C@@H](OCc2ccccc2)[C@H](OCc2ccccc2)[C@@H](COCc2ccccc2)O[C@@H]1C/C=C/C(=O)OC[C@H]1O[C@@H](n2ccc(=O)[nH]c2=O)[C@H](OCc2ccccc2)[C@@H]1OCc1ccccc1. The Kier molecular flexibility index (Phi) is 18.4. The van der Waals surface area contributed by atoms with Crippen molar-refractivity contribution in [2.24, 2.45) is 0 Å². The van der Waals surface area contributed by atoms with E-state index in [-0.39, 0.29) is 52.0 Å². The number of aromatic amines is 1. The molecule has 2 aliphatic rings. The quantitative estimate of drug-likeness (QED) is 0.0512. The van der Waals surface area contributed by atoms with Crippen LogP contribution in [0.1, 0.15) is 47.4 Å². The molecule has 9 atom stereocenters. The van der Waals surface area contributed by atoms with Crippen molar-refractivity contribution in [1.29, 1.82) is 0 Å². The Balaban J connectivity index is 1.01. The third-order valence-electron chi connectivity index (χ3n) is 12.1. The molecule has 370 valence electrons. The van der Waals surface area contributed by atoms with Crippen LogP contribution in [0.5, 0.6) is 0 Å². The van der Waals surface area contributed by atoms with Gasteiger partial charge in [0.1, 0.15) is 43.2 Å². The molecule has 0 spiro atoms. The van der Waals surface area contributed by atoms with Crippen molar-refractivity contribution in [1.82, 2.24) is 14.9 Å². The van der Waals surface area contributed by atoms with Crippen LogP contribution in [0.25, 0.3) is 0 Å². The number of nitrogens with zero attached hydrogens (tertiary/aromatic N) is 1. The summed E-state index contributed by atoms with van der Waals surface area (Å²) in [5, 5.41) is 3.08. The fourth-order valence-corrected chi connectivity index (χ4v) is 8.68. The smallest absolute Gasteiger partial charge is 0.330 e. The number of esters is 1. The highest BCUT2D eigenvalue weighted by Gasteiger charge is 2.49. The van der Waals surface area contributed by atoms with Crippen LogP contribution in [-0.2, 0) is 80.5 Å². The average Bonchev–Trinajstić information content (AvgIpc) is 3.74. The predicted molar refractivity (Wildman–Crippen MR) is 262 cm³/mol. The number of carbonyl (C=O) groups is 2. The molecule has 15 nitrogen and oxygen atoms in total. The van der Waals surface area contributed by atoms with E-state index in [1.807, 2.05) is 152 Å². The minimum atomic E-state index is -1.06. The fraction of sp³-hybridized carbons (Fsp3) is 0.321. The molecule has 2 saturated heterocycles. The van der Waals surface area contributed by atoms with Crippen molar-refractivity contribution in [3.05, 3.63) is 225 Å². The molecule has 0 aliphatic carbocycles. The first kappa shape index (κ1) is 50.6. The standard InChI is InChI=1S/C56H59N3O12/c1-39(60)57-50-45(70-46(37-64-32-40-18-7-2-8-19-40)51(66-33-41-20-9-3-10-21-41)53(50)68-35-43-24-13-5-14-25-43)28-17-29-49(62)65-38-47-52(67-34-42-22-11-4-12-23-42)54(69-36-44-26-15-6-16-27-44)55(71-47)59-31-30-48(61)58-56(59)63/h2-27,29-31,45-47,50-55H,28,32-38H2,1H3,(H,57,60)(H,58,61,63)/b29-17+/t45-,46-,47-,50+,51-,52-,53-,54-,55-/m1/s1. The van der Waals surface area contributed by atoms with Gasteiger partial charge in [-0.05, 0) is 34.2 Å². The molecule has 71 heavy (non-hydrogen) atoms. The van der Waals surface area contributed by atoms with Crippen LogP contribution < -0.4 is 16.6 Å². The lowest BCUT2D eigenvalue weighted by molar-refractivity contribution is -0.231. The Morgan fingerprint density at radius 1 is 0.563 bits per heavy atom. The number of amides is 1. The average molecular weight is 966 g/mol. The normalized spacial score (nSPS) is 23.1. The lowest BCUT2D eigenvalue weighted by atomic mass is 9.90. The monoisotopic (exact) mass is 965 g/mol. The summed E-state index contributed by atoms with van der Waals surface area (Å²) in [6.07, 6.45) is -1.96. The van der Waals surface area contributed by atoms with Crippen LogP contribution in [0.3, 0.4) is 0 Å². The minimum Gasteiger partial charge on any atom is -0.460 e. The Morgan fingerprint density at radius 2 is 1.01 bits per heavy atom. The molecule has 15 heteroatoms. The summed E-state index contributed by atoms with van der Waals surface area (Å²) in [6, 6.07) is 48.9. The molecule has 1 amide bonds. The van der Waals surface area contributed by atoms with Crippen LogP contribution in [0.15, 0.2) is 186 Å². The van der Waals surface area contributed by atoms with E-state index in [4.69, 9.17) is 37.9 Å². The number of rotatable bonds is 23. The summed E-state index contributed by atoms with van der Waals surface area (Å²) in [5.74, 6) is -0.979. The lowest BCUT2D eigenvalue weighted by Gasteiger charge is -2.46. The Bertz CT molecular complexity index is 2710. The van der Waals surface area contributed by atoms with Crippen LogP contribution >= 0.6 is 0 Å². The lowest BCUT2D eigenvalue weighted by Crippen LogP contribution is -2.65. The first-order valence-corrected chi connectivity index (χ1v) is 23.7. The van der Waals surface area contributed by atoms with Crippen LogP contribution in [-0.4, -0.2) is 83.4 Å². The van der Waals surface area contributed by atoms with Crippen molar-refractivity contribution in [2.45, 2.75) is 101 Å². The van der Waals surface area contributed by atoms with Crippen molar-refractivity contribution < 1.29 is 47.5 Å². The molecule has 6 aromatic rings. The maximum Gasteiger partial charge on any atom is 0.330 e. The number of hydrogen-bond donors (Lipinski definition) is 2. The van der Waals surface area contributed by atoms with Gasteiger partial charge >= 0.3 is 11.7 Å². The summed E-state index contributed by atoms with van der Waals surface area (Å²) < 4.78 is 53.0. The van der Waals surface area contributed by atoms with Gasteiger partial charge in [0.25, 0.3) is 5.56 Å². The third kappa shape index (κ3) is 14.6. The van der Waals surface area contributed by atoms with Gasteiger partial charge in [0, 0.05) is 25.3 Å². The molecular weight excluding hydrogens is 907 g/mol.